The number of unbranched alkanes of at least 4 members (excludes halogenated alkanes) is 1. The van der Waals surface area contributed by atoms with Gasteiger partial charge in [-0.1, -0.05) is 13.3 Å². The van der Waals surface area contributed by atoms with Crippen molar-refractivity contribution in [3.63, 3.8) is 0 Å². The van der Waals surface area contributed by atoms with Crippen LogP contribution >= 0.6 is 11.3 Å². The molecule has 0 amide bonds. The third kappa shape index (κ3) is 2.94. The van der Waals surface area contributed by atoms with Crippen LogP contribution in [0.25, 0.3) is 10.2 Å². The Labute approximate surface area is 132 Å². The molecule has 0 unspecified atom stereocenters. The summed E-state index contributed by atoms with van der Waals surface area (Å²) in [6, 6.07) is 2.06. The lowest BCUT2D eigenvalue weighted by atomic mass is 10.2. The molecule has 1 fully saturated rings. The van der Waals surface area contributed by atoms with Crippen molar-refractivity contribution in [1.29, 1.82) is 0 Å². The van der Waals surface area contributed by atoms with E-state index in [0.29, 0.717) is 0 Å². The third-order valence-corrected chi connectivity index (χ3v) is 5.06. The van der Waals surface area contributed by atoms with E-state index in [-0.39, 0.29) is 18.7 Å². The first-order chi connectivity index (χ1) is 10.6. The summed E-state index contributed by atoms with van der Waals surface area (Å²) in [5, 5.41) is 19.9. The normalized spacial score (nSPS) is 25.1. The first kappa shape index (κ1) is 15.6. The second kappa shape index (κ2) is 6.45. The Hall–Kier alpha value is -1.28. The lowest BCUT2D eigenvalue weighted by Crippen LogP contribution is -2.27. The van der Waals surface area contributed by atoms with Crippen LogP contribution in [0.2, 0.25) is 0 Å². The quantitative estimate of drug-likeness (QED) is 0.869. The predicted octanol–water partition coefficient (Wildman–Crippen LogP) is 1.44. The van der Waals surface area contributed by atoms with Gasteiger partial charge >= 0.3 is 5.69 Å². The molecular weight excluding hydrogens is 304 g/mol. The highest BCUT2D eigenvalue weighted by Gasteiger charge is 2.35. The van der Waals surface area contributed by atoms with Crippen molar-refractivity contribution >= 4 is 21.6 Å². The van der Waals surface area contributed by atoms with Crippen LogP contribution in [0.5, 0.6) is 0 Å². The monoisotopic (exact) mass is 324 g/mol. The van der Waals surface area contributed by atoms with Gasteiger partial charge in [-0.25, -0.2) is 4.79 Å². The molecule has 7 heteroatoms. The number of aliphatic hydroxyl groups excluding tert-OH is 2. The molecule has 3 heterocycles. The molecule has 120 valence electrons. The lowest BCUT2D eigenvalue weighted by Gasteiger charge is -2.14. The van der Waals surface area contributed by atoms with E-state index >= 15 is 0 Å². The number of ether oxygens (including phenoxy) is 1. The minimum absolute atomic E-state index is 0.262. The summed E-state index contributed by atoms with van der Waals surface area (Å²) in [6.07, 6.45) is 3.29. The van der Waals surface area contributed by atoms with E-state index in [1.165, 1.54) is 9.44 Å². The first-order valence-electron chi connectivity index (χ1n) is 7.58. The van der Waals surface area contributed by atoms with Crippen LogP contribution in [0.15, 0.2) is 17.1 Å². The van der Waals surface area contributed by atoms with Gasteiger partial charge in [0.25, 0.3) is 0 Å². The minimum atomic E-state index is -0.764. The molecule has 0 aliphatic carbocycles. The van der Waals surface area contributed by atoms with E-state index in [0.717, 1.165) is 29.5 Å². The van der Waals surface area contributed by atoms with Crippen LogP contribution < -0.4 is 5.69 Å². The van der Waals surface area contributed by atoms with Gasteiger partial charge in [0.2, 0.25) is 0 Å². The van der Waals surface area contributed by atoms with Crippen LogP contribution in [0, 0.1) is 0 Å². The van der Waals surface area contributed by atoms with Gasteiger partial charge in [0, 0.05) is 22.9 Å². The molecule has 1 aliphatic heterocycles. The van der Waals surface area contributed by atoms with Crippen LogP contribution in [0.3, 0.4) is 0 Å². The summed E-state index contributed by atoms with van der Waals surface area (Å²) in [7, 11) is 0. The lowest BCUT2D eigenvalue weighted by molar-refractivity contribution is -0.0457. The number of nitrogens with zero attached hydrogens (tertiary/aromatic N) is 2. The molecule has 3 atom stereocenters. The minimum Gasteiger partial charge on any atom is -0.394 e. The topological polar surface area (TPSA) is 84.6 Å². The Morgan fingerprint density at radius 3 is 3.05 bits per heavy atom. The molecule has 6 nitrogen and oxygen atoms in total. The molecule has 0 radical (unpaired) electrons. The van der Waals surface area contributed by atoms with Crippen LogP contribution in [0.1, 0.15) is 37.3 Å². The van der Waals surface area contributed by atoms with Gasteiger partial charge in [0.05, 0.1) is 12.7 Å². The first-order valence-corrected chi connectivity index (χ1v) is 8.40. The molecule has 0 saturated carbocycles. The highest BCUT2D eigenvalue weighted by molar-refractivity contribution is 7.18. The second-order valence-corrected chi connectivity index (χ2v) is 6.74. The number of aromatic nitrogens is 2. The Morgan fingerprint density at radius 2 is 2.36 bits per heavy atom. The van der Waals surface area contributed by atoms with E-state index in [2.05, 4.69) is 18.0 Å². The molecule has 1 aliphatic rings. The van der Waals surface area contributed by atoms with E-state index in [1.54, 1.807) is 17.5 Å². The number of hydrogen-bond donors (Lipinski definition) is 2. The van der Waals surface area contributed by atoms with Gasteiger partial charge in [0.1, 0.15) is 17.2 Å². The highest BCUT2D eigenvalue weighted by atomic mass is 32.1. The van der Waals surface area contributed by atoms with Crippen molar-refractivity contribution in [3.05, 3.63) is 27.6 Å². The average Bonchev–Trinajstić information content (AvgIpc) is 3.06. The second-order valence-electron chi connectivity index (χ2n) is 5.62. The van der Waals surface area contributed by atoms with Gasteiger partial charge in [-0.15, -0.1) is 11.3 Å². The van der Waals surface area contributed by atoms with E-state index in [9.17, 15) is 9.90 Å². The van der Waals surface area contributed by atoms with Gasteiger partial charge in [0.15, 0.2) is 0 Å². The number of aliphatic hydroxyl groups is 2. The molecular formula is C15H20N2O4S. The van der Waals surface area contributed by atoms with Crippen molar-refractivity contribution in [2.45, 2.75) is 51.0 Å². The number of thiophene rings is 1. The largest absolute Gasteiger partial charge is 0.394 e. The molecule has 2 aromatic rings. The smallest absolute Gasteiger partial charge is 0.351 e. The fourth-order valence-electron chi connectivity index (χ4n) is 2.71. The zero-order valence-electron chi connectivity index (χ0n) is 12.4. The number of aryl methyl sites for hydroxylation is 1. The zero-order chi connectivity index (χ0) is 15.7. The van der Waals surface area contributed by atoms with Gasteiger partial charge in [-0.2, -0.15) is 4.98 Å². The van der Waals surface area contributed by atoms with Crippen molar-refractivity contribution in [1.82, 2.24) is 9.55 Å². The van der Waals surface area contributed by atoms with Gasteiger partial charge < -0.3 is 14.9 Å². The Morgan fingerprint density at radius 1 is 1.55 bits per heavy atom. The summed E-state index contributed by atoms with van der Waals surface area (Å²) in [5.74, 6) is 0. The summed E-state index contributed by atoms with van der Waals surface area (Å²) in [6.45, 7) is 1.89. The molecule has 22 heavy (non-hydrogen) atoms. The van der Waals surface area contributed by atoms with Crippen molar-refractivity contribution in [2.75, 3.05) is 6.61 Å². The standard InChI is InChI=1S/C15H20N2O4S/c1-2-3-4-10-5-9-7-17(15(20)16-14(9)22-10)13-6-11(19)12(8-18)21-13/h5,7,11-13,18-19H,2-4,6,8H2,1H3/t11-,12+,13+/m0/s1. The fraction of sp³-hybridized carbons (Fsp3) is 0.600. The maximum Gasteiger partial charge on any atom is 0.351 e. The summed E-state index contributed by atoms with van der Waals surface area (Å²) >= 11 is 1.55. The average molecular weight is 324 g/mol. The maximum atomic E-state index is 12.2. The molecule has 0 spiro atoms. The fourth-order valence-corrected chi connectivity index (χ4v) is 3.74. The van der Waals surface area contributed by atoms with Crippen LogP contribution in [-0.4, -0.2) is 38.6 Å². The summed E-state index contributed by atoms with van der Waals surface area (Å²) in [5.41, 5.74) is -0.382. The number of rotatable bonds is 5. The zero-order valence-corrected chi connectivity index (χ0v) is 13.3. The van der Waals surface area contributed by atoms with Crippen LogP contribution in [-0.2, 0) is 11.2 Å². The Balaban J connectivity index is 1.90. The third-order valence-electron chi connectivity index (χ3n) is 3.96. The maximum absolute atomic E-state index is 12.2. The number of fused-ring (bicyclic) bond motifs is 1. The molecule has 2 aromatic heterocycles. The van der Waals surface area contributed by atoms with Crippen molar-refractivity contribution < 1.29 is 14.9 Å². The predicted molar refractivity (Wildman–Crippen MR) is 84.1 cm³/mol. The number of hydrogen-bond acceptors (Lipinski definition) is 6. The van der Waals surface area contributed by atoms with Crippen molar-refractivity contribution in [3.8, 4) is 0 Å². The Bertz CT molecular complexity index is 711. The summed E-state index contributed by atoms with van der Waals surface area (Å²) in [4.78, 5) is 18.3. The van der Waals surface area contributed by atoms with Crippen LogP contribution in [0.4, 0.5) is 0 Å². The van der Waals surface area contributed by atoms with Crippen molar-refractivity contribution in [2.24, 2.45) is 0 Å². The summed E-state index contributed by atoms with van der Waals surface area (Å²) < 4.78 is 6.95. The van der Waals surface area contributed by atoms with Gasteiger partial charge in [-0.3, -0.25) is 4.57 Å². The molecule has 3 rings (SSSR count). The molecule has 1 saturated heterocycles. The van der Waals surface area contributed by atoms with Gasteiger partial charge in [-0.05, 0) is 18.9 Å². The SMILES string of the molecule is CCCCc1cc2cn([C@H]3C[C@H](O)[C@@H](CO)O3)c(=O)nc2s1. The molecule has 2 N–H and O–H groups in total. The molecule has 0 bridgehead atoms. The van der Waals surface area contributed by atoms with E-state index < -0.39 is 18.4 Å². The highest BCUT2D eigenvalue weighted by Crippen LogP contribution is 2.29. The van der Waals surface area contributed by atoms with E-state index in [4.69, 9.17) is 9.84 Å². The Kier molecular flexibility index (Phi) is 4.58. The molecule has 0 aromatic carbocycles. The van der Waals surface area contributed by atoms with E-state index in [1.807, 2.05) is 0 Å².